The SMILES string of the molecule is CN(C)CC(C)(C)CN=C(N)N1CCN(c2ccc(F)cc2)CC1.I. The first kappa shape index (κ1) is 22.0. The molecule has 1 saturated heterocycles. The highest BCUT2D eigenvalue weighted by Gasteiger charge is 2.21. The molecule has 0 amide bonds. The maximum atomic E-state index is 13.0. The van der Waals surface area contributed by atoms with Crippen LogP contribution >= 0.6 is 24.0 Å². The Kier molecular flexibility index (Phi) is 8.40. The zero-order valence-electron chi connectivity index (χ0n) is 15.7. The third kappa shape index (κ3) is 6.97. The molecule has 1 aromatic rings. The second-order valence-electron chi connectivity index (χ2n) is 7.53. The molecule has 25 heavy (non-hydrogen) atoms. The lowest BCUT2D eigenvalue weighted by molar-refractivity contribution is 0.247. The molecular weight excluding hydrogens is 432 g/mol. The van der Waals surface area contributed by atoms with Gasteiger partial charge in [-0.15, -0.1) is 24.0 Å². The molecule has 0 unspecified atom stereocenters. The standard InChI is InChI=1S/C18H30FN5.HI/c1-18(2,14-22(3)4)13-21-17(20)24-11-9-23(10-12-24)16-7-5-15(19)6-8-16;/h5-8H,9-14H2,1-4H3,(H2,20,21);1H. The van der Waals surface area contributed by atoms with E-state index in [1.165, 1.54) is 12.1 Å². The van der Waals surface area contributed by atoms with Crippen molar-refractivity contribution in [2.75, 3.05) is 58.3 Å². The van der Waals surface area contributed by atoms with Crippen molar-refractivity contribution in [2.24, 2.45) is 16.1 Å². The average molecular weight is 463 g/mol. The number of benzene rings is 1. The molecular formula is C18H31FIN5. The van der Waals surface area contributed by atoms with E-state index in [4.69, 9.17) is 5.73 Å². The van der Waals surface area contributed by atoms with Gasteiger partial charge in [-0.1, -0.05) is 13.8 Å². The summed E-state index contributed by atoms with van der Waals surface area (Å²) in [5.74, 6) is 0.426. The summed E-state index contributed by atoms with van der Waals surface area (Å²) in [6.07, 6.45) is 0. The maximum Gasteiger partial charge on any atom is 0.191 e. The van der Waals surface area contributed by atoms with Gasteiger partial charge in [0.2, 0.25) is 0 Å². The summed E-state index contributed by atoms with van der Waals surface area (Å²) in [6, 6.07) is 6.66. The van der Waals surface area contributed by atoms with Crippen molar-refractivity contribution >= 4 is 35.6 Å². The van der Waals surface area contributed by atoms with E-state index < -0.39 is 0 Å². The Balaban J connectivity index is 0.00000312. The fourth-order valence-electron chi connectivity index (χ4n) is 3.15. The Bertz CT molecular complexity index is 551. The molecule has 142 valence electrons. The molecule has 1 aliphatic heterocycles. The lowest BCUT2D eigenvalue weighted by Gasteiger charge is -2.37. The second-order valence-corrected chi connectivity index (χ2v) is 7.53. The van der Waals surface area contributed by atoms with Crippen molar-refractivity contribution in [2.45, 2.75) is 13.8 Å². The minimum absolute atomic E-state index is 0. The van der Waals surface area contributed by atoms with Gasteiger partial charge in [-0.3, -0.25) is 4.99 Å². The number of hydrogen-bond acceptors (Lipinski definition) is 3. The van der Waals surface area contributed by atoms with Crippen molar-refractivity contribution in [1.82, 2.24) is 9.80 Å². The lowest BCUT2D eigenvalue weighted by atomic mass is 9.93. The highest BCUT2D eigenvalue weighted by molar-refractivity contribution is 14.0. The van der Waals surface area contributed by atoms with Crippen molar-refractivity contribution < 1.29 is 4.39 Å². The summed E-state index contributed by atoms with van der Waals surface area (Å²) in [4.78, 5) is 11.2. The maximum absolute atomic E-state index is 13.0. The van der Waals surface area contributed by atoms with Gasteiger partial charge >= 0.3 is 0 Å². The van der Waals surface area contributed by atoms with E-state index in [1.807, 2.05) is 12.1 Å². The van der Waals surface area contributed by atoms with Crippen LogP contribution in [-0.2, 0) is 0 Å². The van der Waals surface area contributed by atoms with Crippen LogP contribution in [0.5, 0.6) is 0 Å². The number of rotatable bonds is 5. The summed E-state index contributed by atoms with van der Waals surface area (Å²) in [5, 5.41) is 0. The fourth-order valence-corrected chi connectivity index (χ4v) is 3.15. The molecule has 1 aromatic carbocycles. The van der Waals surface area contributed by atoms with E-state index in [2.05, 4.69) is 47.6 Å². The van der Waals surface area contributed by atoms with Crippen LogP contribution in [-0.4, -0.2) is 69.1 Å². The Hall–Kier alpha value is -1.09. The van der Waals surface area contributed by atoms with Crippen molar-refractivity contribution in [1.29, 1.82) is 0 Å². The van der Waals surface area contributed by atoms with Crippen LogP contribution in [0.1, 0.15) is 13.8 Å². The van der Waals surface area contributed by atoms with E-state index >= 15 is 0 Å². The molecule has 5 nitrogen and oxygen atoms in total. The third-order valence-electron chi connectivity index (χ3n) is 4.21. The first-order chi connectivity index (χ1) is 11.3. The van der Waals surface area contributed by atoms with Crippen molar-refractivity contribution in [3.63, 3.8) is 0 Å². The number of halogens is 2. The topological polar surface area (TPSA) is 48.1 Å². The molecule has 1 fully saturated rings. The largest absolute Gasteiger partial charge is 0.370 e. The third-order valence-corrected chi connectivity index (χ3v) is 4.21. The molecule has 1 aliphatic rings. The number of piperazine rings is 1. The zero-order chi connectivity index (χ0) is 17.7. The number of nitrogens with zero attached hydrogens (tertiary/aromatic N) is 4. The normalized spacial score (nSPS) is 16.2. The molecule has 7 heteroatoms. The molecule has 0 radical (unpaired) electrons. The predicted molar refractivity (Wildman–Crippen MR) is 114 cm³/mol. The van der Waals surface area contributed by atoms with Gasteiger partial charge < -0.3 is 20.4 Å². The van der Waals surface area contributed by atoms with Crippen LogP contribution in [0.2, 0.25) is 0 Å². The monoisotopic (exact) mass is 463 g/mol. The zero-order valence-corrected chi connectivity index (χ0v) is 18.0. The van der Waals surface area contributed by atoms with E-state index in [0.29, 0.717) is 5.96 Å². The molecule has 0 aliphatic carbocycles. The summed E-state index contributed by atoms with van der Waals surface area (Å²) in [6.45, 7) is 9.50. The van der Waals surface area contributed by atoms with Gasteiger partial charge in [0, 0.05) is 45.0 Å². The van der Waals surface area contributed by atoms with Crippen molar-refractivity contribution in [3.05, 3.63) is 30.1 Å². The van der Waals surface area contributed by atoms with E-state index in [1.54, 1.807) is 0 Å². The molecule has 0 bridgehead atoms. The summed E-state index contributed by atoms with van der Waals surface area (Å²) < 4.78 is 13.0. The number of guanidine groups is 1. The highest BCUT2D eigenvalue weighted by Crippen LogP contribution is 2.18. The summed E-state index contributed by atoms with van der Waals surface area (Å²) in [7, 11) is 4.15. The smallest absolute Gasteiger partial charge is 0.191 e. The van der Waals surface area contributed by atoms with Gasteiger partial charge in [0.25, 0.3) is 0 Å². The van der Waals surface area contributed by atoms with E-state index in [0.717, 1.165) is 45.0 Å². The average Bonchev–Trinajstić information content (AvgIpc) is 2.52. The number of anilines is 1. The fraction of sp³-hybridized carbons (Fsp3) is 0.611. The first-order valence-electron chi connectivity index (χ1n) is 8.47. The van der Waals surface area contributed by atoms with Gasteiger partial charge in [-0.25, -0.2) is 4.39 Å². The van der Waals surface area contributed by atoms with Crippen LogP contribution < -0.4 is 10.6 Å². The van der Waals surface area contributed by atoms with Crippen LogP contribution in [0.15, 0.2) is 29.3 Å². The molecule has 2 rings (SSSR count). The molecule has 0 aromatic heterocycles. The molecule has 0 atom stereocenters. The number of hydrogen-bond donors (Lipinski definition) is 1. The Morgan fingerprint density at radius 1 is 1.16 bits per heavy atom. The van der Waals surface area contributed by atoms with E-state index in [9.17, 15) is 4.39 Å². The molecule has 0 spiro atoms. The van der Waals surface area contributed by atoms with Gasteiger partial charge in [-0.2, -0.15) is 0 Å². The molecule has 1 heterocycles. The second kappa shape index (κ2) is 9.56. The van der Waals surface area contributed by atoms with Crippen molar-refractivity contribution in [3.8, 4) is 0 Å². The van der Waals surface area contributed by atoms with Gasteiger partial charge in [0.15, 0.2) is 5.96 Å². The van der Waals surface area contributed by atoms with Crippen LogP contribution in [0, 0.1) is 11.2 Å². The first-order valence-corrected chi connectivity index (χ1v) is 8.47. The molecule has 2 N–H and O–H groups in total. The quantitative estimate of drug-likeness (QED) is 0.414. The van der Waals surface area contributed by atoms with E-state index in [-0.39, 0.29) is 35.2 Å². The van der Waals surface area contributed by atoms with Crippen LogP contribution in [0.3, 0.4) is 0 Å². The minimum atomic E-state index is -0.200. The predicted octanol–water partition coefficient (Wildman–Crippen LogP) is 2.47. The number of nitrogens with two attached hydrogens (primary N) is 1. The van der Waals surface area contributed by atoms with Gasteiger partial charge in [0.1, 0.15) is 5.82 Å². The van der Waals surface area contributed by atoms with Gasteiger partial charge in [0.05, 0.1) is 0 Å². The van der Waals surface area contributed by atoms with Crippen LogP contribution in [0.4, 0.5) is 10.1 Å². The van der Waals surface area contributed by atoms with Gasteiger partial charge in [-0.05, 0) is 43.8 Å². The summed E-state index contributed by atoms with van der Waals surface area (Å²) in [5.41, 5.74) is 7.34. The minimum Gasteiger partial charge on any atom is -0.370 e. The number of aliphatic imine (C=N–C) groups is 1. The molecule has 0 saturated carbocycles. The Morgan fingerprint density at radius 2 is 1.72 bits per heavy atom. The highest BCUT2D eigenvalue weighted by atomic mass is 127. The Morgan fingerprint density at radius 3 is 2.24 bits per heavy atom. The summed E-state index contributed by atoms with van der Waals surface area (Å²) >= 11 is 0. The van der Waals surface area contributed by atoms with Crippen LogP contribution in [0.25, 0.3) is 0 Å². The Labute approximate surface area is 168 Å². The lowest BCUT2D eigenvalue weighted by Crippen LogP contribution is -2.51.